The van der Waals surface area contributed by atoms with Gasteiger partial charge in [-0.05, 0) is 41.7 Å². The first kappa shape index (κ1) is 14.3. The highest BCUT2D eigenvalue weighted by molar-refractivity contribution is 6.05. The zero-order valence-corrected chi connectivity index (χ0v) is 12.5. The van der Waals surface area contributed by atoms with Crippen LogP contribution in [0.15, 0.2) is 48.5 Å². The lowest BCUT2D eigenvalue weighted by atomic mass is 9.87. The Morgan fingerprint density at radius 1 is 0.950 bits per heavy atom. The summed E-state index contributed by atoms with van der Waals surface area (Å²) in [7, 11) is 0. The van der Waals surface area contributed by atoms with Crippen molar-refractivity contribution < 1.29 is 4.79 Å². The predicted molar refractivity (Wildman–Crippen MR) is 84.3 cm³/mol. The van der Waals surface area contributed by atoms with Gasteiger partial charge in [0.2, 0.25) is 0 Å². The predicted octanol–water partition coefficient (Wildman–Crippen LogP) is 4.54. The molecule has 0 heterocycles. The average Bonchev–Trinajstić information content (AvgIpc) is 2.38. The minimum atomic E-state index is -0.0633. The van der Waals surface area contributed by atoms with Crippen LogP contribution in [0.5, 0.6) is 0 Å². The second-order valence-corrected chi connectivity index (χ2v) is 6.10. The van der Waals surface area contributed by atoms with Crippen molar-refractivity contribution in [1.82, 2.24) is 0 Å². The van der Waals surface area contributed by atoms with Crippen LogP contribution in [0.4, 0.5) is 5.69 Å². The molecule has 1 amide bonds. The Hall–Kier alpha value is -2.09. The molecule has 2 heteroatoms. The Balaban J connectivity index is 2.15. The summed E-state index contributed by atoms with van der Waals surface area (Å²) in [4.78, 5) is 12.2. The number of benzene rings is 2. The minimum Gasteiger partial charge on any atom is -0.322 e. The molecule has 0 aromatic heterocycles. The standard InChI is InChI=1S/C18H21NO/c1-13-7-5-6-8-16(13)17(20)19-15-11-9-14(10-12-15)18(2,3)4/h5-12H,1-4H3,(H,19,20). The highest BCUT2D eigenvalue weighted by atomic mass is 16.1. The first-order valence-corrected chi connectivity index (χ1v) is 6.85. The van der Waals surface area contributed by atoms with E-state index in [1.54, 1.807) is 0 Å². The van der Waals surface area contributed by atoms with Gasteiger partial charge in [0.1, 0.15) is 0 Å². The number of amides is 1. The fourth-order valence-corrected chi connectivity index (χ4v) is 2.08. The maximum absolute atomic E-state index is 12.2. The van der Waals surface area contributed by atoms with Crippen molar-refractivity contribution in [2.75, 3.05) is 5.32 Å². The fraction of sp³-hybridized carbons (Fsp3) is 0.278. The van der Waals surface area contributed by atoms with Crippen molar-refractivity contribution in [3.05, 3.63) is 65.2 Å². The second-order valence-electron chi connectivity index (χ2n) is 6.10. The van der Waals surface area contributed by atoms with Crippen LogP contribution in [0.25, 0.3) is 0 Å². The Labute approximate surface area is 120 Å². The molecule has 0 saturated heterocycles. The van der Waals surface area contributed by atoms with E-state index in [1.165, 1.54) is 5.56 Å². The normalized spacial score (nSPS) is 11.2. The third-order valence-corrected chi connectivity index (χ3v) is 3.40. The van der Waals surface area contributed by atoms with Gasteiger partial charge in [-0.2, -0.15) is 0 Å². The Kier molecular flexibility index (Phi) is 3.93. The van der Waals surface area contributed by atoms with E-state index in [1.807, 2.05) is 43.3 Å². The quantitative estimate of drug-likeness (QED) is 0.850. The lowest BCUT2D eigenvalue weighted by Gasteiger charge is -2.19. The van der Waals surface area contributed by atoms with Crippen LogP contribution < -0.4 is 5.32 Å². The highest BCUT2D eigenvalue weighted by Gasteiger charge is 2.13. The molecule has 2 nitrogen and oxygen atoms in total. The molecule has 0 bridgehead atoms. The second kappa shape index (κ2) is 5.49. The molecule has 2 rings (SSSR count). The topological polar surface area (TPSA) is 29.1 Å². The molecular weight excluding hydrogens is 246 g/mol. The number of carbonyl (C=O) groups is 1. The van der Waals surface area contributed by atoms with E-state index in [-0.39, 0.29) is 11.3 Å². The molecule has 20 heavy (non-hydrogen) atoms. The molecule has 0 spiro atoms. The largest absolute Gasteiger partial charge is 0.322 e. The molecule has 2 aromatic carbocycles. The summed E-state index contributed by atoms with van der Waals surface area (Å²) in [5, 5.41) is 2.94. The van der Waals surface area contributed by atoms with E-state index < -0.39 is 0 Å². The molecule has 0 unspecified atom stereocenters. The number of carbonyl (C=O) groups excluding carboxylic acids is 1. The molecule has 0 radical (unpaired) electrons. The summed E-state index contributed by atoms with van der Waals surface area (Å²) in [6.45, 7) is 8.47. The van der Waals surface area contributed by atoms with Crippen LogP contribution in [0.2, 0.25) is 0 Å². The van der Waals surface area contributed by atoms with Crippen LogP contribution in [-0.4, -0.2) is 5.91 Å². The maximum Gasteiger partial charge on any atom is 0.255 e. The van der Waals surface area contributed by atoms with Crippen LogP contribution in [0.1, 0.15) is 42.3 Å². The summed E-state index contributed by atoms with van der Waals surface area (Å²) in [5.41, 5.74) is 3.90. The molecule has 0 fully saturated rings. The summed E-state index contributed by atoms with van der Waals surface area (Å²) in [6.07, 6.45) is 0. The van der Waals surface area contributed by atoms with Crippen molar-refractivity contribution in [2.24, 2.45) is 0 Å². The molecular formula is C18H21NO. The zero-order valence-electron chi connectivity index (χ0n) is 12.5. The van der Waals surface area contributed by atoms with Crippen LogP contribution in [0, 0.1) is 6.92 Å². The van der Waals surface area contributed by atoms with E-state index >= 15 is 0 Å². The highest BCUT2D eigenvalue weighted by Crippen LogP contribution is 2.23. The van der Waals surface area contributed by atoms with Gasteiger partial charge in [0, 0.05) is 11.3 Å². The van der Waals surface area contributed by atoms with E-state index in [9.17, 15) is 4.79 Å². The van der Waals surface area contributed by atoms with Gasteiger partial charge in [-0.3, -0.25) is 4.79 Å². The number of rotatable bonds is 2. The number of hydrogen-bond acceptors (Lipinski definition) is 1. The molecule has 0 saturated carbocycles. The van der Waals surface area contributed by atoms with Crippen LogP contribution in [0.3, 0.4) is 0 Å². The average molecular weight is 267 g/mol. The smallest absolute Gasteiger partial charge is 0.255 e. The fourth-order valence-electron chi connectivity index (χ4n) is 2.08. The number of nitrogens with one attached hydrogen (secondary N) is 1. The van der Waals surface area contributed by atoms with Gasteiger partial charge in [0.05, 0.1) is 0 Å². The number of aryl methyl sites for hydroxylation is 1. The van der Waals surface area contributed by atoms with Crippen molar-refractivity contribution in [3.8, 4) is 0 Å². The summed E-state index contributed by atoms with van der Waals surface area (Å²) >= 11 is 0. The molecule has 2 aromatic rings. The Bertz CT molecular complexity index is 606. The van der Waals surface area contributed by atoms with Gasteiger partial charge >= 0.3 is 0 Å². The monoisotopic (exact) mass is 267 g/mol. The third-order valence-electron chi connectivity index (χ3n) is 3.40. The van der Waals surface area contributed by atoms with Crippen molar-refractivity contribution in [1.29, 1.82) is 0 Å². The third kappa shape index (κ3) is 3.27. The van der Waals surface area contributed by atoms with Crippen LogP contribution in [-0.2, 0) is 5.41 Å². The molecule has 1 N–H and O–H groups in total. The first-order valence-electron chi connectivity index (χ1n) is 6.85. The first-order chi connectivity index (χ1) is 9.38. The minimum absolute atomic E-state index is 0.0633. The van der Waals surface area contributed by atoms with E-state index in [0.29, 0.717) is 5.56 Å². The zero-order chi connectivity index (χ0) is 14.8. The lowest BCUT2D eigenvalue weighted by Crippen LogP contribution is -2.14. The van der Waals surface area contributed by atoms with Gasteiger partial charge in [-0.15, -0.1) is 0 Å². The number of anilines is 1. The SMILES string of the molecule is Cc1ccccc1C(=O)Nc1ccc(C(C)(C)C)cc1. The van der Waals surface area contributed by atoms with Gasteiger partial charge in [-0.1, -0.05) is 51.1 Å². The van der Waals surface area contributed by atoms with Crippen LogP contribution >= 0.6 is 0 Å². The maximum atomic E-state index is 12.2. The summed E-state index contributed by atoms with van der Waals surface area (Å²) < 4.78 is 0. The molecule has 0 aliphatic heterocycles. The van der Waals surface area contributed by atoms with E-state index in [0.717, 1.165) is 11.3 Å². The van der Waals surface area contributed by atoms with E-state index in [2.05, 4.69) is 38.2 Å². The summed E-state index contributed by atoms with van der Waals surface area (Å²) in [6, 6.07) is 15.6. The van der Waals surface area contributed by atoms with Gasteiger partial charge < -0.3 is 5.32 Å². The molecule has 104 valence electrons. The Morgan fingerprint density at radius 3 is 2.10 bits per heavy atom. The molecule has 0 atom stereocenters. The van der Waals surface area contributed by atoms with Gasteiger partial charge in [0.25, 0.3) is 5.91 Å². The summed E-state index contributed by atoms with van der Waals surface area (Å²) in [5.74, 6) is -0.0633. The molecule has 0 aliphatic rings. The number of hydrogen-bond donors (Lipinski definition) is 1. The van der Waals surface area contributed by atoms with Crippen molar-refractivity contribution in [3.63, 3.8) is 0 Å². The van der Waals surface area contributed by atoms with Gasteiger partial charge in [-0.25, -0.2) is 0 Å². The lowest BCUT2D eigenvalue weighted by molar-refractivity contribution is 0.102. The van der Waals surface area contributed by atoms with Crippen molar-refractivity contribution >= 4 is 11.6 Å². The van der Waals surface area contributed by atoms with Crippen molar-refractivity contribution in [2.45, 2.75) is 33.1 Å². The Morgan fingerprint density at radius 2 is 1.55 bits per heavy atom. The van der Waals surface area contributed by atoms with E-state index in [4.69, 9.17) is 0 Å². The molecule has 0 aliphatic carbocycles. The van der Waals surface area contributed by atoms with Gasteiger partial charge in [0.15, 0.2) is 0 Å².